The summed E-state index contributed by atoms with van der Waals surface area (Å²) in [6.45, 7) is 3.01. The summed E-state index contributed by atoms with van der Waals surface area (Å²) < 4.78 is 24.6. The average molecular weight is 290 g/mol. The highest BCUT2D eigenvalue weighted by Gasteiger charge is 2.64. The van der Waals surface area contributed by atoms with Gasteiger partial charge in [0.25, 0.3) is 0 Å². The van der Waals surface area contributed by atoms with E-state index in [1.54, 1.807) is 0 Å². The molecule has 0 radical (unpaired) electrons. The monoisotopic (exact) mass is 290 g/mol. The molecule has 1 heterocycles. The molecule has 1 saturated heterocycles. The highest BCUT2D eigenvalue weighted by Crippen LogP contribution is 2.40. The van der Waals surface area contributed by atoms with Crippen LogP contribution < -0.4 is 0 Å². The SMILES string of the molecule is COC(=O)C[C@]1(C(=O)OC)OC(C)(C)O[C@@H]1C(=O)OC. The minimum atomic E-state index is -1.93. The van der Waals surface area contributed by atoms with Crippen LogP contribution in [-0.4, -0.2) is 56.7 Å². The van der Waals surface area contributed by atoms with E-state index < -0.39 is 41.8 Å². The molecule has 0 aromatic rings. The van der Waals surface area contributed by atoms with Crippen molar-refractivity contribution in [2.75, 3.05) is 21.3 Å². The van der Waals surface area contributed by atoms with Gasteiger partial charge in [-0.2, -0.15) is 0 Å². The molecule has 20 heavy (non-hydrogen) atoms. The highest BCUT2D eigenvalue weighted by molar-refractivity contribution is 5.93. The van der Waals surface area contributed by atoms with Gasteiger partial charge in [0.1, 0.15) is 0 Å². The van der Waals surface area contributed by atoms with Gasteiger partial charge in [0, 0.05) is 0 Å². The maximum absolute atomic E-state index is 12.1. The van der Waals surface area contributed by atoms with Crippen LogP contribution in [0.25, 0.3) is 0 Å². The van der Waals surface area contributed by atoms with Gasteiger partial charge in [-0.25, -0.2) is 9.59 Å². The molecule has 0 spiro atoms. The van der Waals surface area contributed by atoms with Crippen LogP contribution in [0, 0.1) is 0 Å². The lowest BCUT2D eigenvalue weighted by Gasteiger charge is -2.27. The lowest BCUT2D eigenvalue weighted by atomic mass is 9.92. The van der Waals surface area contributed by atoms with Gasteiger partial charge in [0.15, 0.2) is 11.9 Å². The molecular formula is C12H18O8. The second-order valence-electron chi connectivity index (χ2n) is 4.66. The van der Waals surface area contributed by atoms with Gasteiger partial charge < -0.3 is 23.7 Å². The Morgan fingerprint density at radius 2 is 1.65 bits per heavy atom. The van der Waals surface area contributed by atoms with E-state index >= 15 is 0 Å². The predicted octanol–water partition coefficient (Wildman–Crippen LogP) is -0.214. The maximum atomic E-state index is 12.1. The first-order chi connectivity index (χ1) is 9.22. The summed E-state index contributed by atoms with van der Waals surface area (Å²) >= 11 is 0. The molecule has 0 N–H and O–H groups in total. The Morgan fingerprint density at radius 1 is 1.05 bits per heavy atom. The second kappa shape index (κ2) is 5.76. The fraction of sp³-hybridized carbons (Fsp3) is 0.750. The molecule has 0 aromatic heterocycles. The number of carbonyl (C=O) groups excluding carboxylic acids is 3. The predicted molar refractivity (Wildman–Crippen MR) is 63.4 cm³/mol. The summed E-state index contributed by atoms with van der Waals surface area (Å²) in [5, 5.41) is 0. The van der Waals surface area contributed by atoms with Crippen LogP contribution in [0.4, 0.5) is 0 Å². The highest BCUT2D eigenvalue weighted by atomic mass is 16.8. The maximum Gasteiger partial charge on any atom is 0.342 e. The molecule has 1 rings (SSSR count). The largest absolute Gasteiger partial charge is 0.469 e. The quantitative estimate of drug-likeness (QED) is 0.518. The Kier molecular flexibility index (Phi) is 4.72. The van der Waals surface area contributed by atoms with E-state index in [9.17, 15) is 14.4 Å². The first kappa shape index (κ1) is 16.4. The molecule has 2 atom stereocenters. The van der Waals surface area contributed by atoms with Crippen molar-refractivity contribution in [3.63, 3.8) is 0 Å². The molecule has 0 bridgehead atoms. The van der Waals surface area contributed by atoms with Crippen molar-refractivity contribution in [2.24, 2.45) is 0 Å². The smallest absolute Gasteiger partial charge is 0.342 e. The number of carbonyl (C=O) groups is 3. The summed E-state index contributed by atoms with van der Waals surface area (Å²) in [6, 6.07) is 0. The summed E-state index contributed by atoms with van der Waals surface area (Å²) in [6.07, 6.45) is -1.95. The zero-order valence-electron chi connectivity index (χ0n) is 12.1. The molecule has 1 fully saturated rings. The molecule has 8 nitrogen and oxygen atoms in total. The molecule has 0 aliphatic carbocycles. The normalized spacial score (nSPS) is 27.8. The zero-order chi connectivity index (χ0) is 15.6. The van der Waals surface area contributed by atoms with Gasteiger partial charge in [-0.1, -0.05) is 0 Å². The average Bonchev–Trinajstić information content (AvgIpc) is 2.68. The van der Waals surface area contributed by atoms with Crippen LogP contribution in [0.1, 0.15) is 20.3 Å². The van der Waals surface area contributed by atoms with Gasteiger partial charge >= 0.3 is 17.9 Å². The van der Waals surface area contributed by atoms with Crippen LogP contribution in [0.3, 0.4) is 0 Å². The lowest BCUT2D eigenvalue weighted by Crippen LogP contribution is -2.53. The Balaban J connectivity index is 3.26. The van der Waals surface area contributed by atoms with Gasteiger partial charge in [-0.3, -0.25) is 4.79 Å². The van der Waals surface area contributed by atoms with Gasteiger partial charge in [0.05, 0.1) is 27.8 Å². The van der Waals surface area contributed by atoms with Crippen LogP contribution in [0.5, 0.6) is 0 Å². The molecule has 1 aliphatic rings. The van der Waals surface area contributed by atoms with E-state index in [0.29, 0.717) is 0 Å². The number of methoxy groups -OCH3 is 3. The number of esters is 3. The fourth-order valence-corrected chi connectivity index (χ4v) is 2.05. The van der Waals surface area contributed by atoms with Gasteiger partial charge in [-0.05, 0) is 13.8 Å². The molecular weight excluding hydrogens is 272 g/mol. The Hall–Kier alpha value is -1.67. The second-order valence-corrected chi connectivity index (χ2v) is 4.66. The van der Waals surface area contributed by atoms with Crippen LogP contribution in [0.15, 0.2) is 0 Å². The third kappa shape index (κ3) is 2.91. The molecule has 114 valence electrons. The fourth-order valence-electron chi connectivity index (χ4n) is 2.05. The zero-order valence-corrected chi connectivity index (χ0v) is 12.1. The van der Waals surface area contributed by atoms with Crippen molar-refractivity contribution < 1.29 is 38.1 Å². The van der Waals surface area contributed by atoms with E-state index in [1.807, 2.05) is 0 Å². The van der Waals surface area contributed by atoms with Gasteiger partial charge in [0.2, 0.25) is 5.60 Å². The number of rotatable bonds is 4. The minimum absolute atomic E-state index is 0.528. The van der Waals surface area contributed by atoms with E-state index in [1.165, 1.54) is 13.8 Å². The van der Waals surface area contributed by atoms with Crippen LogP contribution in [-0.2, 0) is 38.1 Å². The molecule has 0 aromatic carbocycles. The van der Waals surface area contributed by atoms with Crippen molar-refractivity contribution in [2.45, 2.75) is 37.8 Å². The number of ether oxygens (including phenoxy) is 5. The Morgan fingerprint density at radius 3 is 2.10 bits per heavy atom. The topological polar surface area (TPSA) is 97.4 Å². The molecule has 1 aliphatic heterocycles. The molecule has 0 unspecified atom stereocenters. The van der Waals surface area contributed by atoms with Crippen molar-refractivity contribution in [3.8, 4) is 0 Å². The first-order valence-electron chi connectivity index (χ1n) is 5.83. The summed E-state index contributed by atoms with van der Waals surface area (Å²) in [7, 11) is 3.41. The van der Waals surface area contributed by atoms with Crippen LogP contribution in [0.2, 0.25) is 0 Å². The van der Waals surface area contributed by atoms with E-state index in [4.69, 9.17) is 9.47 Å². The van der Waals surface area contributed by atoms with Crippen molar-refractivity contribution in [3.05, 3.63) is 0 Å². The number of hydrogen-bond donors (Lipinski definition) is 0. The van der Waals surface area contributed by atoms with Crippen molar-refractivity contribution in [1.29, 1.82) is 0 Å². The third-order valence-corrected chi connectivity index (χ3v) is 2.83. The third-order valence-electron chi connectivity index (χ3n) is 2.83. The summed E-state index contributed by atoms with van der Waals surface area (Å²) in [4.78, 5) is 35.4. The van der Waals surface area contributed by atoms with Crippen molar-refractivity contribution in [1.82, 2.24) is 0 Å². The number of hydrogen-bond acceptors (Lipinski definition) is 8. The molecule has 0 amide bonds. The molecule has 0 saturated carbocycles. The van der Waals surface area contributed by atoms with Gasteiger partial charge in [-0.15, -0.1) is 0 Å². The van der Waals surface area contributed by atoms with E-state index in [-0.39, 0.29) is 0 Å². The standard InChI is InChI=1S/C12H18O8/c1-11(2)19-8(9(14)17-4)12(20-11,10(15)18-5)6-7(13)16-3/h8H,6H2,1-5H3/t8-,12+/m1/s1. The summed E-state index contributed by atoms with van der Waals surface area (Å²) in [5.41, 5.74) is -1.93. The Labute approximate surface area is 116 Å². The van der Waals surface area contributed by atoms with E-state index in [2.05, 4.69) is 14.2 Å². The Bertz CT molecular complexity index is 416. The van der Waals surface area contributed by atoms with Crippen molar-refractivity contribution >= 4 is 17.9 Å². The molecule has 8 heteroatoms. The van der Waals surface area contributed by atoms with E-state index in [0.717, 1.165) is 21.3 Å². The van der Waals surface area contributed by atoms with Crippen LogP contribution >= 0.6 is 0 Å². The minimum Gasteiger partial charge on any atom is -0.469 e. The lowest BCUT2D eigenvalue weighted by molar-refractivity contribution is -0.192. The summed E-state index contributed by atoms with van der Waals surface area (Å²) in [5.74, 6) is -3.76. The first-order valence-corrected chi connectivity index (χ1v) is 5.83.